The maximum atomic E-state index is 12.2. The zero-order valence-electron chi connectivity index (χ0n) is 11.7. The van der Waals surface area contributed by atoms with E-state index in [-0.39, 0.29) is 30.4 Å². The molecule has 2 aliphatic heterocycles. The van der Waals surface area contributed by atoms with Gasteiger partial charge >= 0.3 is 6.03 Å². The number of nitrogens with one attached hydrogen (secondary N) is 2. The van der Waals surface area contributed by atoms with Crippen LogP contribution in [0.2, 0.25) is 0 Å². The number of aliphatic hydroxyl groups excluding tert-OH is 1. The lowest BCUT2D eigenvalue weighted by Crippen LogP contribution is -2.55. The SMILES string of the molecule is CCNC(=O)N1CCN(C(=O)C2CC(O)CN2)CC1.Cl. The van der Waals surface area contributed by atoms with Gasteiger partial charge in [-0.15, -0.1) is 12.4 Å². The number of hydrogen-bond donors (Lipinski definition) is 3. The average Bonchev–Trinajstić information content (AvgIpc) is 2.85. The highest BCUT2D eigenvalue weighted by Crippen LogP contribution is 2.11. The van der Waals surface area contributed by atoms with E-state index in [1.807, 2.05) is 6.92 Å². The third-order valence-corrected chi connectivity index (χ3v) is 3.61. The van der Waals surface area contributed by atoms with Crippen molar-refractivity contribution in [3.8, 4) is 0 Å². The van der Waals surface area contributed by atoms with Crippen molar-refractivity contribution in [2.24, 2.45) is 0 Å². The number of urea groups is 1. The van der Waals surface area contributed by atoms with E-state index < -0.39 is 6.10 Å². The van der Waals surface area contributed by atoms with Gasteiger partial charge in [0.25, 0.3) is 0 Å². The third kappa shape index (κ3) is 3.97. The third-order valence-electron chi connectivity index (χ3n) is 3.61. The molecule has 0 aliphatic carbocycles. The molecule has 2 saturated heterocycles. The van der Waals surface area contributed by atoms with Gasteiger partial charge < -0.3 is 25.5 Å². The highest BCUT2D eigenvalue weighted by atomic mass is 35.5. The summed E-state index contributed by atoms with van der Waals surface area (Å²) >= 11 is 0. The molecule has 0 aromatic heterocycles. The molecule has 20 heavy (non-hydrogen) atoms. The molecule has 2 heterocycles. The van der Waals surface area contributed by atoms with Crippen molar-refractivity contribution in [3.05, 3.63) is 0 Å². The molecular weight excluding hydrogens is 284 g/mol. The van der Waals surface area contributed by atoms with Crippen LogP contribution in [0.4, 0.5) is 4.79 Å². The molecule has 2 unspecified atom stereocenters. The Morgan fingerprint density at radius 3 is 2.35 bits per heavy atom. The van der Waals surface area contributed by atoms with Crippen LogP contribution in [-0.4, -0.2) is 78.3 Å². The largest absolute Gasteiger partial charge is 0.392 e. The summed E-state index contributed by atoms with van der Waals surface area (Å²) in [6, 6.07) is -0.338. The summed E-state index contributed by atoms with van der Waals surface area (Å²) in [5.74, 6) is 0.0344. The monoisotopic (exact) mass is 306 g/mol. The first-order valence-electron chi connectivity index (χ1n) is 6.84. The zero-order chi connectivity index (χ0) is 13.8. The summed E-state index contributed by atoms with van der Waals surface area (Å²) in [7, 11) is 0. The second-order valence-electron chi connectivity index (χ2n) is 5.00. The van der Waals surface area contributed by atoms with Crippen molar-refractivity contribution in [3.63, 3.8) is 0 Å². The van der Waals surface area contributed by atoms with Crippen LogP contribution >= 0.6 is 12.4 Å². The number of carbonyl (C=O) groups is 2. The molecule has 2 atom stereocenters. The maximum absolute atomic E-state index is 12.2. The van der Waals surface area contributed by atoms with Gasteiger partial charge in [0.15, 0.2) is 0 Å². The van der Waals surface area contributed by atoms with E-state index in [4.69, 9.17) is 0 Å². The molecule has 3 amide bonds. The zero-order valence-corrected chi connectivity index (χ0v) is 12.5. The van der Waals surface area contributed by atoms with E-state index in [1.165, 1.54) is 0 Å². The first kappa shape index (κ1) is 17.0. The predicted molar refractivity (Wildman–Crippen MR) is 76.9 cm³/mol. The molecule has 0 spiro atoms. The Kier molecular flexibility index (Phi) is 6.51. The summed E-state index contributed by atoms with van der Waals surface area (Å²) in [6.45, 7) is 5.22. The summed E-state index contributed by atoms with van der Waals surface area (Å²) in [6.07, 6.45) is 0.0561. The molecule has 2 rings (SSSR count). The molecule has 0 aromatic carbocycles. The van der Waals surface area contributed by atoms with Gasteiger partial charge in [0, 0.05) is 39.3 Å². The fourth-order valence-electron chi connectivity index (χ4n) is 2.52. The molecule has 3 N–H and O–H groups in total. The molecule has 2 aliphatic rings. The smallest absolute Gasteiger partial charge is 0.317 e. The second-order valence-corrected chi connectivity index (χ2v) is 5.00. The summed E-state index contributed by atoms with van der Waals surface area (Å²) < 4.78 is 0. The number of amides is 3. The lowest BCUT2D eigenvalue weighted by atomic mass is 10.1. The van der Waals surface area contributed by atoms with Crippen LogP contribution in [0.25, 0.3) is 0 Å². The number of β-amino-alcohol motifs (C(OH)–C–C–N with tert-alkyl or cyclic N) is 1. The predicted octanol–water partition coefficient (Wildman–Crippen LogP) is -0.995. The van der Waals surface area contributed by atoms with Crippen molar-refractivity contribution in [1.29, 1.82) is 0 Å². The van der Waals surface area contributed by atoms with Crippen LogP contribution in [-0.2, 0) is 4.79 Å². The van der Waals surface area contributed by atoms with Crippen molar-refractivity contribution in [1.82, 2.24) is 20.4 Å². The van der Waals surface area contributed by atoms with Gasteiger partial charge in [-0.05, 0) is 13.3 Å². The topological polar surface area (TPSA) is 84.9 Å². The quantitative estimate of drug-likeness (QED) is 0.611. The summed E-state index contributed by atoms with van der Waals surface area (Å²) in [4.78, 5) is 27.3. The Bertz CT molecular complexity index is 348. The number of carbonyl (C=O) groups excluding carboxylic acids is 2. The van der Waals surface area contributed by atoms with Gasteiger partial charge in [0.05, 0.1) is 12.1 Å². The minimum absolute atomic E-state index is 0. The van der Waals surface area contributed by atoms with E-state index in [0.29, 0.717) is 45.7 Å². The number of halogens is 1. The molecular formula is C12H23ClN4O3. The Morgan fingerprint density at radius 2 is 1.85 bits per heavy atom. The van der Waals surface area contributed by atoms with Crippen molar-refractivity contribution >= 4 is 24.3 Å². The minimum atomic E-state index is -0.425. The standard InChI is InChI=1S/C12H22N4O3.ClH/c1-2-13-12(19)16-5-3-15(4-6-16)11(18)10-7-9(17)8-14-10;/h9-10,14,17H,2-8H2,1H3,(H,13,19);1H. The summed E-state index contributed by atoms with van der Waals surface area (Å²) in [5.41, 5.74) is 0. The molecule has 0 saturated carbocycles. The Balaban J connectivity index is 0.00000200. The maximum Gasteiger partial charge on any atom is 0.317 e. The molecule has 0 aromatic rings. The van der Waals surface area contributed by atoms with Gasteiger partial charge in [-0.1, -0.05) is 0 Å². The highest BCUT2D eigenvalue weighted by molar-refractivity contribution is 5.85. The van der Waals surface area contributed by atoms with Crippen molar-refractivity contribution in [2.75, 3.05) is 39.3 Å². The van der Waals surface area contributed by atoms with Gasteiger partial charge in [-0.3, -0.25) is 4.79 Å². The second kappa shape index (κ2) is 7.66. The van der Waals surface area contributed by atoms with E-state index in [9.17, 15) is 14.7 Å². The highest BCUT2D eigenvalue weighted by Gasteiger charge is 2.33. The number of hydrogen-bond acceptors (Lipinski definition) is 4. The van der Waals surface area contributed by atoms with Crippen molar-refractivity contribution in [2.45, 2.75) is 25.5 Å². The molecule has 0 bridgehead atoms. The van der Waals surface area contributed by atoms with Crippen LogP contribution in [0.5, 0.6) is 0 Å². The number of piperazine rings is 1. The van der Waals surface area contributed by atoms with Crippen LogP contribution in [0.3, 0.4) is 0 Å². The Labute approximate surface area is 125 Å². The minimum Gasteiger partial charge on any atom is -0.392 e. The number of aliphatic hydroxyl groups is 1. The Hall–Kier alpha value is -1.05. The van der Waals surface area contributed by atoms with Crippen LogP contribution in [0, 0.1) is 0 Å². The van der Waals surface area contributed by atoms with Gasteiger partial charge in [0.2, 0.25) is 5.91 Å². The van der Waals surface area contributed by atoms with Crippen LogP contribution in [0.1, 0.15) is 13.3 Å². The van der Waals surface area contributed by atoms with Gasteiger partial charge in [0.1, 0.15) is 0 Å². The lowest BCUT2D eigenvalue weighted by molar-refractivity contribution is -0.134. The average molecular weight is 307 g/mol. The molecule has 8 heteroatoms. The lowest BCUT2D eigenvalue weighted by Gasteiger charge is -2.35. The fraction of sp³-hybridized carbons (Fsp3) is 0.833. The first-order valence-corrected chi connectivity index (χ1v) is 6.84. The van der Waals surface area contributed by atoms with E-state index in [1.54, 1.807) is 9.80 Å². The molecule has 116 valence electrons. The fourth-order valence-corrected chi connectivity index (χ4v) is 2.52. The summed E-state index contributed by atoms with van der Waals surface area (Å²) in [5, 5.41) is 15.2. The molecule has 2 fully saturated rings. The number of rotatable bonds is 2. The van der Waals surface area contributed by atoms with Crippen molar-refractivity contribution < 1.29 is 14.7 Å². The first-order chi connectivity index (χ1) is 9.11. The van der Waals surface area contributed by atoms with Gasteiger partial charge in [-0.2, -0.15) is 0 Å². The molecule has 7 nitrogen and oxygen atoms in total. The van der Waals surface area contributed by atoms with Crippen LogP contribution < -0.4 is 10.6 Å². The Morgan fingerprint density at radius 1 is 1.25 bits per heavy atom. The molecule has 0 radical (unpaired) electrons. The van der Waals surface area contributed by atoms with E-state index >= 15 is 0 Å². The van der Waals surface area contributed by atoms with Gasteiger partial charge in [-0.25, -0.2) is 4.79 Å². The number of nitrogens with zero attached hydrogens (tertiary/aromatic N) is 2. The van der Waals surface area contributed by atoms with Crippen LogP contribution in [0.15, 0.2) is 0 Å². The normalized spacial score (nSPS) is 26.1. The van der Waals surface area contributed by atoms with E-state index in [2.05, 4.69) is 10.6 Å². The van der Waals surface area contributed by atoms with E-state index in [0.717, 1.165) is 0 Å².